The van der Waals surface area contributed by atoms with Gasteiger partial charge in [-0.1, -0.05) is 6.92 Å². The first-order valence-corrected chi connectivity index (χ1v) is 7.59. The summed E-state index contributed by atoms with van der Waals surface area (Å²) in [6.07, 6.45) is 0.170. The monoisotopic (exact) mass is 331 g/mol. The molecule has 0 aromatic heterocycles. The highest BCUT2D eigenvalue weighted by Gasteiger charge is 2.23. The Kier molecular flexibility index (Phi) is 5.14. The molecule has 0 radical (unpaired) electrons. The van der Waals surface area contributed by atoms with Crippen LogP contribution in [0.2, 0.25) is 0 Å². The molecule has 0 spiro atoms. The molecule has 18 heavy (non-hydrogen) atoms. The van der Waals surface area contributed by atoms with Gasteiger partial charge in [0.05, 0.1) is 11.0 Å². The molecule has 0 heterocycles. The number of nitriles is 1. The maximum Gasteiger partial charge on any atom is 0.243 e. The SMILES string of the molecule is CCN(CCC#N)S(=O)(=O)c1ccc(N)c(Br)c1. The summed E-state index contributed by atoms with van der Waals surface area (Å²) in [7, 11) is -3.57. The molecule has 0 aliphatic carbocycles. The molecule has 0 atom stereocenters. The van der Waals surface area contributed by atoms with E-state index in [1.165, 1.54) is 22.5 Å². The van der Waals surface area contributed by atoms with Crippen LogP contribution >= 0.6 is 15.9 Å². The maximum atomic E-state index is 12.3. The van der Waals surface area contributed by atoms with Gasteiger partial charge in [0.25, 0.3) is 0 Å². The van der Waals surface area contributed by atoms with Crippen LogP contribution in [0.25, 0.3) is 0 Å². The minimum Gasteiger partial charge on any atom is -0.398 e. The largest absolute Gasteiger partial charge is 0.398 e. The Bertz CT molecular complexity index is 566. The van der Waals surface area contributed by atoms with E-state index in [0.29, 0.717) is 16.7 Å². The van der Waals surface area contributed by atoms with Crippen LogP contribution in [0, 0.1) is 11.3 Å². The summed E-state index contributed by atoms with van der Waals surface area (Å²) in [5.41, 5.74) is 6.10. The highest BCUT2D eigenvalue weighted by atomic mass is 79.9. The van der Waals surface area contributed by atoms with Crippen LogP contribution in [0.4, 0.5) is 5.69 Å². The molecule has 2 N–H and O–H groups in total. The van der Waals surface area contributed by atoms with Gasteiger partial charge in [0.15, 0.2) is 0 Å². The average molecular weight is 332 g/mol. The van der Waals surface area contributed by atoms with Gasteiger partial charge in [-0.05, 0) is 34.1 Å². The lowest BCUT2D eigenvalue weighted by Gasteiger charge is -2.19. The van der Waals surface area contributed by atoms with Crippen LogP contribution in [-0.4, -0.2) is 25.8 Å². The maximum absolute atomic E-state index is 12.3. The van der Waals surface area contributed by atoms with Crippen molar-refractivity contribution in [3.63, 3.8) is 0 Å². The molecule has 0 fully saturated rings. The molecular formula is C11H14BrN3O2S. The molecule has 7 heteroatoms. The van der Waals surface area contributed by atoms with Crippen molar-refractivity contribution in [2.24, 2.45) is 0 Å². The number of sulfonamides is 1. The van der Waals surface area contributed by atoms with Gasteiger partial charge in [0, 0.05) is 29.7 Å². The summed E-state index contributed by atoms with van der Waals surface area (Å²) < 4.78 is 26.4. The van der Waals surface area contributed by atoms with Gasteiger partial charge < -0.3 is 5.73 Å². The van der Waals surface area contributed by atoms with Crippen LogP contribution in [0.1, 0.15) is 13.3 Å². The fraction of sp³-hybridized carbons (Fsp3) is 0.364. The standard InChI is InChI=1S/C11H14BrN3O2S/c1-2-15(7-3-6-13)18(16,17)9-4-5-11(14)10(12)8-9/h4-5,8H,2-3,7,14H2,1H3. The number of nitrogens with two attached hydrogens (primary N) is 1. The number of anilines is 1. The van der Waals surface area contributed by atoms with E-state index in [1.54, 1.807) is 6.92 Å². The number of rotatable bonds is 5. The van der Waals surface area contributed by atoms with Crippen LogP contribution < -0.4 is 5.73 Å². The third kappa shape index (κ3) is 3.22. The number of nitrogen functional groups attached to an aromatic ring is 1. The summed E-state index contributed by atoms with van der Waals surface area (Å²) in [6.45, 7) is 2.25. The van der Waals surface area contributed by atoms with Crippen molar-refractivity contribution in [1.29, 1.82) is 5.26 Å². The Hall–Kier alpha value is -1.10. The van der Waals surface area contributed by atoms with Crippen molar-refractivity contribution < 1.29 is 8.42 Å². The first-order chi connectivity index (χ1) is 8.43. The van der Waals surface area contributed by atoms with Gasteiger partial charge in [0.2, 0.25) is 10.0 Å². The highest BCUT2D eigenvalue weighted by Crippen LogP contribution is 2.25. The van der Waals surface area contributed by atoms with Crippen molar-refractivity contribution >= 4 is 31.6 Å². The molecule has 0 saturated heterocycles. The molecule has 0 unspecified atom stereocenters. The lowest BCUT2D eigenvalue weighted by Crippen LogP contribution is -2.31. The highest BCUT2D eigenvalue weighted by molar-refractivity contribution is 9.10. The van der Waals surface area contributed by atoms with Crippen molar-refractivity contribution in [3.8, 4) is 6.07 Å². The van der Waals surface area contributed by atoms with Gasteiger partial charge in [-0.3, -0.25) is 0 Å². The first kappa shape index (κ1) is 15.0. The zero-order valence-electron chi connectivity index (χ0n) is 9.93. The van der Waals surface area contributed by atoms with E-state index in [-0.39, 0.29) is 17.9 Å². The quantitative estimate of drug-likeness (QED) is 0.835. The third-order valence-electron chi connectivity index (χ3n) is 2.44. The van der Waals surface area contributed by atoms with Crippen LogP contribution in [0.3, 0.4) is 0 Å². The smallest absolute Gasteiger partial charge is 0.243 e. The predicted octanol–water partition coefficient (Wildman–Crippen LogP) is 1.96. The average Bonchev–Trinajstić information content (AvgIpc) is 2.33. The minimum atomic E-state index is -3.57. The lowest BCUT2D eigenvalue weighted by molar-refractivity contribution is 0.435. The van der Waals surface area contributed by atoms with Crippen LogP contribution in [0.5, 0.6) is 0 Å². The van der Waals surface area contributed by atoms with Crippen LogP contribution in [0.15, 0.2) is 27.6 Å². The molecule has 0 amide bonds. The second kappa shape index (κ2) is 6.18. The van der Waals surface area contributed by atoms with E-state index in [4.69, 9.17) is 11.0 Å². The van der Waals surface area contributed by atoms with E-state index < -0.39 is 10.0 Å². The molecule has 1 aromatic rings. The Morgan fingerprint density at radius 2 is 2.17 bits per heavy atom. The Balaban J connectivity index is 3.11. The van der Waals surface area contributed by atoms with E-state index >= 15 is 0 Å². The van der Waals surface area contributed by atoms with Gasteiger partial charge in [0.1, 0.15) is 0 Å². The molecule has 1 rings (SSSR count). The van der Waals surface area contributed by atoms with Gasteiger partial charge >= 0.3 is 0 Å². The normalized spacial score (nSPS) is 11.4. The molecule has 0 aliphatic rings. The molecule has 1 aromatic carbocycles. The van der Waals surface area contributed by atoms with Gasteiger partial charge in [-0.25, -0.2) is 8.42 Å². The zero-order valence-corrected chi connectivity index (χ0v) is 12.3. The fourth-order valence-electron chi connectivity index (χ4n) is 1.44. The number of benzene rings is 1. The zero-order chi connectivity index (χ0) is 13.8. The predicted molar refractivity (Wildman–Crippen MR) is 73.2 cm³/mol. The van der Waals surface area contributed by atoms with E-state index in [2.05, 4.69) is 15.9 Å². The molecular weight excluding hydrogens is 318 g/mol. The number of nitrogens with zero attached hydrogens (tertiary/aromatic N) is 2. The summed E-state index contributed by atoms with van der Waals surface area (Å²) >= 11 is 3.20. The van der Waals surface area contributed by atoms with E-state index in [1.807, 2.05) is 6.07 Å². The Morgan fingerprint density at radius 1 is 1.50 bits per heavy atom. The van der Waals surface area contributed by atoms with Crippen molar-refractivity contribution in [3.05, 3.63) is 22.7 Å². The molecule has 0 bridgehead atoms. The third-order valence-corrected chi connectivity index (χ3v) is 5.09. The van der Waals surface area contributed by atoms with Crippen molar-refractivity contribution in [2.45, 2.75) is 18.2 Å². The molecule has 98 valence electrons. The second-order valence-electron chi connectivity index (χ2n) is 3.59. The number of hydrogen-bond donors (Lipinski definition) is 1. The van der Waals surface area contributed by atoms with E-state index in [0.717, 1.165) is 0 Å². The topological polar surface area (TPSA) is 87.2 Å². The minimum absolute atomic E-state index is 0.170. The summed E-state index contributed by atoms with van der Waals surface area (Å²) in [5.74, 6) is 0. The number of hydrogen-bond acceptors (Lipinski definition) is 4. The molecule has 5 nitrogen and oxygen atoms in total. The van der Waals surface area contributed by atoms with Gasteiger partial charge in [-0.15, -0.1) is 0 Å². The second-order valence-corrected chi connectivity index (χ2v) is 6.38. The Labute approximate surface area is 115 Å². The van der Waals surface area contributed by atoms with E-state index in [9.17, 15) is 8.42 Å². The summed E-state index contributed by atoms with van der Waals surface area (Å²) in [5, 5.41) is 8.53. The first-order valence-electron chi connectivity index (χ1n) is 5.35. The summed E-state index contributed by atoms with van der Waals surface area (Å²) in [4.78, 5) is 0.170. The molecule has 0 aliphatic heterocycles. The van der Waals surface area contributed by atoms with Crippen LogP contribution in [-0.2, 0) is 10.0 Å². The fourth-order valence-corrected chi connectivity index (χ4v) is 3.45. The van der Waals surface area contributed by atoms with Crippen molar-refractivity contribution in [1.82, 2.24) is 4.31 Å². The lowest BCUT2D eigenvalue weighted by atomic mass is 10.3. The number of halogens is 1. The van der Waals surface area contributed by atoms with Crippen molar-refractivity contribution in [2.75, 3.05) is 18.8 Å². The van der Waals surface area contributed by atoms with Gasteiger partial charge in [-0.2, -0.15) is 9.57 Å². The summed E-state index contributed by atoms with van der Waals surface area (Å²) in [6, 6.07) is 6.41. The molecule has 0 saturated carbocycles. The Morgan fingerprint density at radius 3 is 2.67 bits per heavy atom.